The van der Waals surface area contributed by atoms with Gasteiger partial charge in [-0.05, 0) is 44.0 Å². The number of nitrogens with zero attached hydrogens (tertiary/aromatic N) is 1. The van der Waals surface area contributed by atoms with Crippen molar-refractivity contribution in [2.24, 2.45) is 0 Å². The maximum Gasteiger partial charge on any atom is 0.222 e. The van der Waals surface area contributed by atoms with Crippen molar-refractivity contribution < 1.29 is 4.74 Å². The van der Waals surface area contributed by atoms with E-state index in [1.807, 2.05) is 50.7 Å². The first-order valence-corrected chi connectivity index (χ1v) is 7.38. The van der Waals surface area contributed by atoms with E-state index in [1.165, 1.54) is 0 Å². The van der Waals surface area contributed by atoms with Crippen LogP contribution in [0.25, 0.3) is 0 Å². The summed E-state index contributed by atoms with van der Waals surface area (Å²) in [5.74, 6) is 1.52. The number of ether oxygens (including phenoxy) is 1. The quantitative estimate of drug-likeness (QED) is 0.844. The van der Waals surface area contributed by atoms with E-state index in [2.05, 4.69) is 16.4 Å². The molecule has 4 heteroatoms. The zero-order chi connectivity index (χ0) is 13.7. The molecule has 0 saturated heterocycles. The van der Waals surface area contributed by atoms with Crippen LogP contribution in [0.2, 0.25) is 0 Å². The van der Waals surface area contributed by atoms with Gasteiger partial charge < -0.3 is 10.1 Å². The van der Waals surface area contributed by atoms with Gasteiger partial charge in [0.1, 0.15) is 5.75 Å². The standard InChI is InChI=1S/C15H18N2OS/c1-11-8-12(9-16-2)10-17-15(11)18-13-6-4-5-7-14(13)19-3/h4-8,10,16H,9H2,1-3H3. The Morgan fingerprint density at radius 2 is 2.11 bits per heavy atom. The molecular formula is C15H18N2OS. The predicted octanol–water partition coefficient (Wildman–Crippen LogP) is 3.62. The minimum atomic E-state index is 0.668. The fourth-order valence-corrected chi connectivity index (χ4v) is 2.36. The fraction of sp³-hybridized carbons (Fsp3) is 0.267. The van der Waals surface area contributed by atoms with Gasteiger partial charge in [-0.1, -0.05) is 12.1 Å². The highest BCUT2D eigenvalue weighted by Crippen LogP contribution is 2.31. The fourth-order valence-electron chi connectivity index (χ4n) is 1.84. The van der Waals surface area contributed by atoms with Gasteiger partial charge >= 0.3 is 0 Å². The Bertz CT molecular complexity index is 558. The van der Waals surface area contributed by atoms with Gasteiger partial charge in [0.2, 0.25) is 5.88 Å². The number of rotatable bonds is 5. The van der Waals surface area contributed by atoms with Gasteiger partial charge in [-0.2, -0.15) is 0 Å². The van der Waals surface area contributed by atoms with E-state index in [-0.39, 0.29) is 0 Å². The van der Waals surface area contributed by atoms with E-state index >= 15 is 0 Å². The highest BCUT2D eigenvalue weighted by molar-refractivity contribution is 7.98. The van der Waals surface area contributed by atoms with Gasteiger partial charge in [0.05, 0.1) is 0 Å². The summed E-state index contributed by atoms with van der Waals surface area (Å²) >= 11 is 1.67. The third kappa shape index (κ3) is 3.49. The Labute approximate surface area is 118 Å². The van der Waals surface area contributed by atoms with Crippen LogP contribution in [0, 0.1) is 6.92 Å². The lowest BCUT2D eigenvalue weighted by Crippen LogP contribution is -2.06. The summed E-state index contributed by atoms with van der Waals surface area (Å²) in [5, 5.41) is 3.11. The van der Waals surface area contributed by atoms with E-state index in [1.54, 1.807) is 11.8 Å². The molecule has 3 nitrogen and oxygen atoms in total. The number of aryl methyl sites for hydroxylation is 1. The summed E-state index contributed by atoms with van der Waals surface area (Å²) in [6.45, 7) is 2.83. The SMILES string of the molecule is CNCc1cnc(Oc2ccccc2SC)c(C)c1. The molecule has 2 aromatic rings. The average Bonchev–Trinajstić information content (AvgIpc) is 2.43. The molecule has 0 bridgehead atoms. The molecule has 1 aromatic heterocycles. The summed E-state index contributed by atoms with van der Waals surface area (Å²) in [6, 6.07) is 10.1. The van der Waals surface area contributed by atoms with E-state index in [9.17, 15) is 0 Å². The minimum Gasteiger partial charge on any atom is -0.438 e. The molecule has 0 spiro atoms. The van der Waals surface area contributed by atoms with Crippen LogP contribution >= 0.6 is 11.8 Å². The van der Waals surface area contributed by atoms with Crippen LogP contribution in [0.4, 0.5) is 0 Å². The van der Waals surface area contributed by atoms with Crippen molar-refractivity contribution in [2.45, 2.75) is 18.4 Å². The highest BCUT2D eigenvalue weighted by Gasteiger charge is 2.07. The van der Waals surface area contributed by atoms with Crippen molar-refractivity contribution in [1.82, 2.24) is 10.3 Å². The van der Waals surface area contributed by atoms with Gasteiger partial charge in [0.15, 0.2) is 0 Å². The van der Waals surface area contributed by atoms with Gasteiger partial charge in [-0.15, -0.1) is 11.8 Å². The van der Waals surface area contributed by atoms with Crippen LogP contribution in [0.3, 0.4) is 0 Å². The molecule has 0 unspecified atom stereocenters. The number of benzene rings is 1. The summed E-state index contributed by atoms with van der Waals surface area (Å²) < 4.78 is 5.91. The molecule has 2 rings (SSSR count). The zero-order valence-corrected chi connectivity index (χ0v) is 12.3. The molecule has 19 heavy (non-hydrogen) atoms. The minimum absolute atomic E-state index is 0.668. The van der Waals surface area contributed by atoms with Crippen molar-refractivity contribution in [1.29, 1.82) is 0 Å². The molecule has 0 aliphatic heterocycles. The molecule has 0 aliphatic rings. The van der Waals surface area contributed by atoms with Crippen LogP contribution in [0.15, 0.2) is 41.4 Å². The van der Waals surface area contributed by atoms with Crippen molar-refractivity contribution >= 4 is 11.8 Å². The topological polar surface area (TPSA) is 34.2 Å². The average molecular weight is 274 g/mol. The molecule has 1 aromatic carbocycles. The normalized spacial score (nSPS) is 10.5. The number of thioether (sulfide) groups is 1. The Hall–Kier alpha value is -1.52. The Kier molecular flexibility index (Phi) is 4.82. The Morgan fingerprint density at radius 3 is 2.79 bits per heavy atom. The van der Waals surface area contributed by atoms with Crippen molar-refractivity contribution in [3.05, 3.63) is 47.7 Å². The first kappa shape index (κ1) is 13.9. The van der Waals surface area contributed by atoms with E-state index in [0.29, 0.717) is 5.88 Å². The molecule has 0 saturated carbocycles. The molecule has 0 fully saturated rings. The lowest BCUT2D eigenvalue weighted by Gasteiger charge is -2.11. The maximum absolute atomic E-state index is 5.91. The van der Waals surface area contributed by atoms with E-state index in [4.69, 9.17) is 4.74 Å². The lowest BCUT2D eigenvalue weighted by atomic mass is 10.2. The van der Waals surface area contributed by atoms with Crippen LogP contribution in [0.5, 0.6) is 11.6 Å². The highest BCUT2D eigenvalue weighted by atomic mass is 32.2. The molecule has 0 amide bonds. The van der Waals surface area contributed by atoms with Gasteiger partial charge in [0.25, 0.3) is 0 Å². The number of para-hydroxylation sites is 1. The van der Waals surface area contributed by atoms with Crippen molar-refractivity contribution in [3.63, 3.8) is 0 Å². The monoisotopic (exact) mass is 274 g/mol. The van der Waals surface area contributed by atoms with E-state index in [0.717, 1.165) is 28.3 Å². The summed E-state index contributed by atoms with van der Waals surface area (Å²) in [4.78, 5) is 5.51. The predicted molar refractivity (Wildman–Crippen MR) is 80.0 cm³/mol. The third-order valence-corrected chi connectivity index (χ3v) is 3.52. The molecule has 100 valence electrons. The Balaban J connectivity index is 2.23. The summed E-state index contributed by atoms with van der Waals surface area (Å²) in [7, 11) is 1.93. The molecule has 0 aliphatic carbocycles. The second kappa shape index (κ2) is 6.59. The second-order valence-electron chi connectivity index (χ2n) is 4.25. The first-order valence-electron chi connectivity index (χ1n) is 6.15. The number of nitrogens with one attached hydrogen (secondary N) is 1. The zero-order valence-electron chi connectivity index (χ0n) is 11.4. The van der Waals surface area contributed by atoms with Gasteiger partial charge in [0, 0.05) is 23.2 Å². The lowest BCUT2D eigenvalue weighted by molar-refractivity contribution is 0.448. The molecule has 1 N–H and O–H groups in total. The van der Waals surface area contributed by atoms with Crippen molar-refractivity contribution in [3.8, 4) is 11.6 Å². The van der Waals surface area contributed by atoms with Gasteiger partial charge in [-0.25, -0.2) is 4.98 Å². The number of hydrogen-bond donors (Lipinski definition) is 1. The Morgan fingerprint density at radius 1 is 1.32 bits per heavy atom. The second-order valence-corrected chi connectivity index (χ2v) is 5.10. The number of pyridine rings is 1. The number of aromatic nitrogens is 1. The molecule has 0 atom stereocenters. The molecular weight excluding hydrogens is 256 g/mol. The van der Waals surface area contributed by atoms with Crippen LogP contribution in [-0.2, 0) is 6.54 Å². The summed E-state index contributed by atoms with van der Waals surface area (Å²) in [6.07, 6.45) is 3.89. The number of hydrogen-bond acceptors (Lipinski definition) is 4. The van der Waals surface area contributed by atoms with Crippen molar-refractivity contribution in [2.75, 3.05) is 13.3 Å². The smallest absolute Gasteiger partial charge is 0.222 e. The maximum atomic E-state index is 5.91. The van der Waals surface area contributed by atoms with Gasteiger partial charge in [-0.3, -0.25) is 0 Å². The molecule has 1 heterocycles. The van der Waals surface area contributed by atoms with Crippen LogP contribution < -0.4 is 10.1 Å². The van der Waals surface area contributed by atoms with E-state index < -0.39 is 0 Å². The summed E-state index contributed by atoms with van der Waals surface area (Å²) in [5.41, 5.74) is 2.20. The largest absolute Gasteiger partial charge is 0.438 e. The van der Waals surface area contributed by atoms with Crippen LogP contribution in [0.1, 0.15) is 11.1 Å². The third-order valence-electron chi connectivity index (χ3n) is 2.74. The van der Waals surface area contributed by atoms with Crippen LogP contribution in [-0.4, -0.2) is 18.3 Å². The first-order chi connectivity index (χ1) is 9.24. The molecule has 0 radical (unpaired) electrons.